The summed E-state index contributed by atoms with van der Waals surface area (Å²) in [5.74, 6) is 2.11. The molecule has 0 spiro atoms. The molecule has 6 heteroatoms. The van der Waals surface area contributed by atoms with Crippen molar-refractivity contribution >= 4 is 17.3 Å². The zero-order valence-electron chi connectivity index (χ0n) is 13.7. The number of hydrogen-bond donors (Lipinski definition) is 1. The number of amidine groups is 1. The molecule has 6 nitrogen and oxygen atoms in total. The molecule has 2 aliphatic heterocycles. The molecule has 4 heterocycles. The van der Waals surface area contributed by atoms with E-state index in [4.69, 9.17) is 4.99 Å². The Morgan fingerprint density at radius 1 is 1.08 bits per heavy atom. The third kappa shape index (κ3) is 1.73. The summed E-state index contributed by atoms with van der Waals surface area (Å²) >= 11 is 0. The number of H-pyrrole nitrogens is 1. The molecule has 2 aliphatic rings. The first-order chi connectivity index (χ1) is 11.7. The van der Waals surface area contributed by atoms with Gasteiger partial charge in [0, 0.05) is 18.7 Å². The quantitative estimate of drug-likeness (QED) is 0.749. The molecule has 1 aromatic carbocycles. The second-order valence-electron chi connectivity index (χ2n) is 6.44. The molecular weight excluding hydrogens is 300 g/mol. The number of nitrogens with zero attached hydrogens (tertiary/aromatic N) is 5. The lowest BCUT2D eigenvalue weighted by Gasteiger charge is -2.31. The van der Waals surface area contributed by atoms with E-state index in [2.05, 4.69) is 56.9 Å². The Morgan fingerprint density at radius 3 is 2.75 bits per heavy atom. The number of fused-ring (bicyclic) bond motifs is 2. The first kappa shape index (κ1) is 13.5. The van der Waals surface area contributed by atoms with E-state index < -0.39 is 0 Å². The second-order valence-corrected chi connectivity index (χ2v) is 6.44. The van der Waals surface area contributed by atoms with Gasteiger partial charge in [-0.15, -0.1) is 0 Å². The van der Waals surface area contributed by atoms with E-state index in [1.807, 2.05) is 6.20 Å². The van der Waals surface area contributed by atoms with Crippen molar-refractivity contribution in [3.63, 3.8) is 0 Å². The van der Waals surface area contributed by atoms with Crippen LogP contribution in [0.15, 0.2) is 35.6 Å². The minimum atomic E-state index is 0.873. The van der Waals surface area contributed by atoms with Crippen molar-refractivity contribution in [2.45, 2.75) is 26.8 Å². The fourth-order valence-corrected chi connectivity index (χ4v) is 3.79. The van der Waals surface area contributed by atoms with Crippen molar-refractivity contribution in [2.24, 2.45) is 4.99 Å². The van der Waals surface area contributed by atoms with Crippen molar-refractivity contribution in [3.8, 4) is 11.3 Å². The van der Waals surface area contributed by atoms with Gasteiger partial charge >= 0.3 is 0 Å². The number of aryl methyl sites for hydroxylation is 3. The third-order valence-electron chi connectivity index (χ3n) is 4.89. The molecule has 24 heavy (non-hydrogen) atoms. The Labute approximate surface area is 139 Å². The van der Waals surface area contributed by atoms with Crippen LogP contribution in [0.1, 0.15) is 23.1 Å². The highest BCUT2D eigenvalue weighted by molar-refractivity contribution is 6.15. The molecule has 1 N–H and O–H groups in total. The largest absolute Gasteiger partial charge is 0.310 e. The highest BCUT2D eigenvalue weighted by atomic mass is 15.4. The number of rotatable bonds is 1. The lowest BCUT2D eigenvalue weighted by molar-refractivity contribution is 0.546. The molecule has 0 aliphatic carbocycles. The minimum absolute atomic E-state index is 0.873. The number of aromatic nitrogens is 4. The van der Waals surface area contributed by atoms with Crippen LogP contribution in [0.5, 0.6) is 0 Å². The number of aromatic amines is 1. The van der Waals surface area contributed by atoms with Gasteiger partial charge in [-0.3, -0.25) is 5.10 Å². The number of aliphatic imine (C=N–C) groups is 1. The second kappa shape index (κ2) is 4.80. The van der Waals surface area contributed by atoms with Gasteiger partial charge in [-0.2, -0.15) is 10.2 Å². The van der Waals surface area contributed by atoms with Gasteiger partial charge in [-0.1, -0.05) is 18.2 Å². The lowest BCUT2D eigenvalue weighted by atomic mass is 10.0. The maximum absolute atomic E-state index is 5.01. The summed E-state index contributed by atoms with van der Waals surface area (Å²) in [5, 5.41) is 11.9. The molecule has 0 saturated carbocycles. The van der Waals surface area contributed by atoms with Crippen LogP contribution in [-0.4, -0.2) is 32.4 Å². The van der Waals surface area contributed by atoms with Gasteiger partial charge in [-0.25, -0.2) is 9.67 Å². The maximum atomic E-state index is 5.01. The Morgan fingerprint density at radius 2 is 1.92 bits per heavy atom. The molecule has 0 amide bonds. The first-order valence-electron chi connectivity index (χ1n) is 8.26. The third-order valence-corrected chi connectivity index (χ3v) is 4.89. The highest BCUT2D eigenvalue weighted by Gasteiger charge is 2.32. The van der Waals surface area contributed by atoms with Gasteiger partial charge in [-0.05, 0) is 31.4 Å². The van der Waals surface area contributed by atoms with E-state index >= 15 is 0 Å². The Bertz CT molecular complexity index is 957. The van der Waals surface area contributed by atoms with Gasteiger partial charge in [0.15, 0.2) is 0 Å². The standard InChI is InChI=1S/C18H18N6/c1-11-5-3-6-12(2)15(11)17-21-14-10-19-22-16(14)13-9-20-24-8-4-7-23(17)18(13)24/h3,5-6,9-10H,4,7-8H2,1-2H3,(H,19,22). The SMILES string of the molecule is Cc1cccc(C)c1C1=Nc2cn[nH]c2-c2cnn3c2N1CCC3. The van der Waals surface area contributed by atoms with Crippen LogP contribution in [0.2, 0.25) is 0 Å². The van der Waals surface area contributed by atoms with Crippen LogP contribution < -0.4 is 4.90 Å². The summed E-state index contributed by atoms with van der Waals surface area (Å²) in [6.45, 7) is 6.18. The molecule has 5 rings (SSSR count). The van der Waals surface area contributed by atoms with Crippen LogP contribution in [-0.2, 0) is 6.54 Å². The predicted molar refractivity (Wildman–Crippen MR) is 93.9 cm³/mol. The maximum Gasteiger partial charge on any atom is 0.142 e. The molecule has 2 aromatic heterocycles. The fraction of sp³-hybridized carbons (Fsp3) is 0.278. The zero-order valence-corrected chi connectivity index (χ0v) is 13.7. The van der Waals surface area contributed by atoms with E-state index in [0.29, 0.717) is 0 Å². The molecule has 0 radical (unpaired) electrons. The average Bonchev–Trinajstić information content (AvgIpc) is 3.17. The molecule has 0 unspecified atom stereocenters. The first-order valence-corrected chi connectivity index (χ1v) is 8.26. The number of benzene rings is 1. The monoisotopic (exact) mass is 318 g/mol. The van der Waals surface area contributed by atoms with Crippen LogP contribution in [0.25, 0.3) is 11.3 Å². The van der Waals surface area contributed by atoms with Crippen LogP contribution in [0.4, 0.5) is 11.5 Å². The van der Waals surface area contributed by atoms with Crippen molar-refractivity contribution in [3.05, 3.63) is 47.3 Å². The van der Waals surface area contributed by atoms with Gasteiger partial charge in [0.25, 0.3) is 0 Å². The summed E-state index contributed by atoms with van der Waals surface area (Å²) in [5.41, 5.74) is 6.57. The zero-order chi connectivity index (χ0) is 16.3. The van der Waals surface area contributed by atoms with Crippen LogP contribution in [0, 0.1) is 13.8 Å². The highest BCUT2D eigenvalue weighted by Crippen LogP contribution is 2.41. The van der Waals surface area contributed by atoms with Gasteiger partial charge in [0.2, 0.25) is 0 Å². The van der Waals surface area contributed by atoms with Crippen molar-refractivity contribution in [2.75, 3.05) is 11.4 Å². The minimum Gasteiger partial charge on any atom is -0.310 e. The van der Waals surface area contributed by atoms with E-state index in [1.165, 1.54) is 16.7 Å². The van der Waals surface area contributed by atoms with Crippen LogP contribution >= 0.6 is 0 Å². The summed E-state index contributed by atoms with van der Waals surface area (Å²) in [4.78, 5) is 7.33. The van der Waals surface area contributed by atoms with E-state index in [-0.39, 0.29) is 0 Å². The number of hydrogen-bond acceptors (Lipinski definition) is 4. The summed E-state index contributed by atoms with van der Waals surface area (Å²) < 4.78 is 2.08. The number of nitrogens with one attached hydrogen (secondary N) is 1. The van der Waals surface area contributed by atoms with E-state index in [0.717, 1.165) is 48.1 Å². The Hall–Kier alpha value is -2.89. The lowest BCUT2D eigenvalue weighted by Crippen LogP contribution is -2.38. The van der Waals surface area contributed by atoms with Gasteiger partial charge in [0.05, 0.1) is 23.7 Å². The topological polar surface area (TPSA) is 62.1 Å². The van der Waals surface area contributed by atoms with E-state index in [1.54, 1.807) is 6.20 Å². The Balaban J connectivity index is 1.84. The van der Waals surface area contributed by atoms with E-state index in [9.17, 15) is 0 Å². The molecule has 0 bridgehead atoms. The van der Waals surface area contributed by atoms with Gasteiger partial charge < -0.3 is 4.90 Å². The van der Waals surface area contributed by atoms with Crippen molar-refractivity contribution < 1.29 is 0 Å². The molecule has 0 saturated heterocycles. The van der Waals surface area contributed by atoms with Gasteiger partial charge in [0.1, 0.15) is 17.3 Å². The summed E-state index contributed by atoms with van der Waals surface area (Å²) in [6.07, 6.45) is 4.78. The molecule has 3 aromatic rings. The predicted octanol–water partition coefficient (Wildman–Crippen LogP) is 3.19. The number of anilines is 1. The summed E-state index contributed by atoms with van der Waals surface area (Å²) in [7, 11) is 0. The molecule has 120 valence electrons. The van der Waals surface area contributed by atoms with Crippen molar-refractivity contribution in [1.82, 2.24) is 20.0 Å². The normalized spacial score (nSPS) is 15.6. The average molecular weight is 318 g/mol. The fourth-order valence-electron chi connectivity index (χ4n) is 3.79. The Kier molecular flexibility index (Phi) is 2.71. The molecule has 0 atom stereocenters. The van der Waals surface area contributed by atoms with Crippen LogP contribution in [0.3, 0.4) is 0 Å². The van der Waals surface area contributed by atoms with Crippen molar-refractivity contribution in [1.29, 1.82) is 0 Å². The molecular formula is C18H18N6. The summed E-state index contributed by atoms with van der Waals surface area (Å²) in [6, 6.07) is 6.39. The molecule has 0 fully saturated rings. The smallest absolute Gasteiger partial charge is 0.142 e.